The summed E-state index contributed by atoms with van der Waals surface area (Å²) in [6, 6.07) is 6.49. The molecule has 0 unspecified atom stereocenters. The Bertz CT molecular complexity index is 764. The molecule has 0 aliphatic heterocycles. The first-order chi connectivity index (χ1) is 11.8. The normalized spacial score (nSPS) is 10.8. The quantitative estimate of drug-likeness (QED) is 0.765. The van der Waals surface area contributed by atoms with E-state index in [-0.39, 0.29) is 24.8 Å². The number of nitrogens with zero attached hydrogens (tertiary/aromatic N) is 2. The summed E-state index contributed by atoms with van der Waals surface area (Å²) in [6.07, 6.45) is 0.225. The van der Waals surface area contributed by atoms with Gasteiger partial charge >= 0.3 is 0 Å². The number of carbonyl (C=O) groups is 2. The molecular weight excluding hydrogens is 367 g/mol. The number of anilines is 2. The summed E-state index contributed by atoms with van der Waals surface area (Å²) in [6.45, 7) is 2.29. The number of aromatic nitrogens is 1. The zero-order valence-corrected chi connectivity index (χ0v) is 15.3. The number of nitrogens with one attached hydrogen (secondary N) is 2. The van der Waals surface area contributed by atoms with Crippen molar-refractivity contribution in [3.8, 4) is 0 Å². The fourth-order valence-electron chi connectivity index (χ4n) is 2.02. The van der Waals surface area contributed by atoms with Gasteiger partial charge in [-0.15, -0.1) is 0 Å². The van der Waals surface area contributed by atoms with Gasteiger partial charge < -0.3 is 15.2 Å². The van der Waals surface area contributed by atoms with Crippen LogP contribution in [0.4, 0.5) is 11.5 Å². The first-order valence-corrected chi connectivity index (χ1v) is 8.25. The largest absolute Gasteiger partial charge is 0.360 e. The molecule has 1 aromatic carbocycles. The van der Waals surface area contributed by atoms with Crippen LogP contribution in [0.2, 0.25) is 10.0 Å². The van der Waals surface area contributed by atoms with Crippen LogP contribution in [0, 0.1) is 6.92 Å². The number of amides is 2. The van der Waals surface area contributed by atoms with Gasteiger partial charge in [0.05, 0.1) is 16.6 Å². The van der Waals surface area contributed by atoms with Crippen molar-refractivity contribution in [2.45, 2.75) is 13.3 Å². The lowest BCUT2D eigenvalue weighted by atomic mass is 10.3. The topological polar surface area (TPSA) is 87.5 Å². The van der Waals surface area contributed by atoms with Crippen LogP contribution in [0.3, 0.4) is 0 Å². The summed E-state index contributed by atoms with van der Waals surface area (Å²) in [5.41, 5.74) is 0.562. The smallest absolute Gasteiger partial charge is 0.238 e. The van der Waals surface area contributed by atoms with E-state index >= 15 is 0 Å². The Balaban J connectivity index is 1.73. The van der Waals surface area contributed by atoms with E-state index < -0.39 is 0 Å². The maximum absolute atomic E-state index is 12.0. The van der Waals surface area contributed by atoms with Crippen molar-refractivity contribution < 1.29 is 14.1 Å². The van der Waals surface area contributed by atoms with Crippen molar-refractivity contribution in [2.75, 3.05) is 30.8 Å². The highest BCUT2D eigenvalue weighted by atomic mass is 35.5. The van der Waals surface area contributed by atoms with Crippen molar-refractivity contribution in [2.24, 2.45) is 0 Å². The molecule has 0 aliphatic carbocycles. The average Bonchev–Trinajstić information content (AvgIpc) is 2.94. The third kappa shape index (κ3) is 6.38. The average molecular weight is 385 g/mol. The van der Waals surface area contributed by atoms with Gasteiger partial charge in [-0.3, -0.25) is 14.5 Å². The molecule has 0 saturated carbocycles. The van der Waals surface area contributed by atoms with Gasteiger partial charge in [0.15, 0.2) is 5.82 Å². The van der Waals surface area contributed by atoms with Crippen LogP contribution >= 0.6 is 23.2 Å². The van der Waals surface area contributed by atoms with E-state index in [9.17, 15) is 9.59 Å². The summed E-state index contributed by atoms with van der Waals surface area (Å²) in [5.74, 6) is 0.576. The molecule has 2 amide bonds. The maximum atomic E-state index is 12.0. The molecule has 0 bridgehead atoms. The number of carbonyl (C=O) groups excluding carboxylic acids is 2. The Kier molecular flexibility index (Phi) is 6.81. The standard InChI is InChI=1S/C16H18Cl2N4O3/c1-10-7-14(21-25-10)20-15(23)5-6-22(2)9-16(24)19-11-3-4-12(17)13(18)8-11/h3-4,7-8H,5-6,9H2,1-2H3,(H,19,24)(H,20,21,23). The Morgan fingerprint density at radius 1 is 1.16 bits per heavy atom. The van der Waals surface area contributed by atoms with Gasteiger partial charge in [-0.2, -0.15) is 0 Å². The summed E-state index contributed by atoms with van der Waals surface area (Å²) in [5, 5.41) is 9.83. The number of benzene rings is 1. The van der Waals surface area contributed by atoms with Crippen molar-refractivity contribution >= 4 is 46.5 Å². The van der Waals surface area contributed by atoms with Crippen LogP contribution in [-0.2, 0) is 9.59 Å². The molecule has 1 aromatic heterocycles. The number of hydrogen-bond donors (Lipinski definition) is 2. The fourth-order valence-corrected chi connectivity index (χ4v) is 2.32. The Morgan fingerprint density at radius 2 is 1.92 bits per heavy atom. The van der Waals surface area contributed by atoms with Crippen LogP contribution in [0.15, 0.2) is 28.8 Å². The molecule has 0 atom stereocenters. The van der Waals surface area contributed by atoms with Gasteiger partial charge in [0.25, 0.3) is 0 Å². The second-order valence-electron chi connectivity index (χ2n) is 5.54. The van der Waals surface area contributed by atoms with Crippen LogP contribution in [-0.4, -0.2) is 42.0 Å². The molecule has 2 rings (SSSR count). The van der Waals surface area contributed by atoms with E-state index in [0.717, 1.165) is 0 Å². The second-order valence-corrected chi connectivity index (χ2v) is 6.35. The van der Waals surface area contributed by atoms with E-state index in [2.05, 4.69) is 15.8 Å². The van der Waals surface area contributed by atoms with Gasteiger partial charge in [-0.1, -0.05) is 28.4 Å². The number of rotatable bonds is 7. The van der Waals surface area contributed by atoms with Crippen molar-refractivity contribution in [3.63, 3.8) is 0 Å². The van der Waals surface area contributed by atoms with Crippen molar-refractivity contribution in [3.05, 3.63) is 40.1 Å². The predicted octanol–water partition coefficient (Wildman–Crippen LogP) is 3.19. The molecule has 25 heavy (non-hydrogen) atoms. The molecule has 0 fully saturated rings. The van der Waals surface area contributed by atoms with Crippen LogP contribution in [0.5, 0.6) is 0 Å². The second kappa shape index (κ2) is 8.84. The Labute approximate surface area is 155 Å². The molecule has 2 aromatic rings. The van der Waals surface area contributed by atoms with Gasteiger partial charge in [0, 0.05) is 24.7 Å². The Hall–Kier alpha value is -2.09. The number of halogens is 2. The monoisotopic (exact) mass is 384 g/mol. The number of hydrogen-bond acceptors (Lipinski definition) is 5. The zero-order valence-electron chi connectivity index (χ0n) is 13.8. The van der Waals surface area contributed by atoms with E-state index in [1.807, 2.05) is 0 Å². The number of likely N-dealkylation sites (N-methyl/N-ethyl adjacent to an activating group) is 1. The van der Waals surface area contributed by atoms with Gasteiger partial charge in [0.1, 0.15) is 5.76 Å². The molecule has 0 spiro atoms. The van der Waals surface area contributed by atoms with Gasteiger partial charge in [0.2, 0.25) is 11.8 Å². The maximum Gasteiger partial charge on any atom is 0.238 e. The third-order valence-corrected chi connectivity index (χ3v) is 3.97. The molecule has 0 aliphatic rings. The highest BCUT2D eigenvalue weighted by molar-refractivity contribution is 6.42. The summed E-state index contributed by atoms with van der Waals surface area (Å²) >= 11 is 11.7. The molecule has 1 heterocycles. The van der Waals surface area contributed by atoms with E-state index in [4.69, 9.17) is 27.7 Å². The molecule has 134 valence electrons. The minimum atomic E-state index is -0.214. The number of aryl methyl sites for hydroxylation is 1. The molecule has 9 heteroatoms. The first-order valence-electron chi connectivity index (χ1n) is 7.50. The first kappa shape index (κ1) is 19.2. The van der Waals surface area contributed by atoms with E-state index in [0.29, 0.717) is 33.9 Å². The minimum absolute atomic E-state index is 0.136. The van der Waals surface area contributed by atoms with Gasteiger partial charge in [-0.05, 0) is 32.2 Å². The Morgan fingerprint density at radius 3 is 2.56 bits per heavy atom. The lowest BCUT2D eigenvalue weighted by Gasteiger charge is -2.16. The fraction of sp³-hybridized carbons (Fsp3) is 0.312. The molecule has 0 saturated heterocycles. The van der Waals surface area contributed by atoms with Crippen LogP contribution in [0.1, 0.15) is 12.2 Å². The molecule has 7 nitrogen and oxygen atoms in total. The van der Waals surface area contributed by atoms with Crippen LogP contribution in [0.25, 0.3) is 0 Å². The summed E-state index contributed by atoms with van der Waals surface area (Å²) in [7, 11) is 1.75. The van der Waals surface area contributed by atoms with Crippen molar-refractivity contribution in [1.82, 2.24) is 10.1 Å². The highest BCUT2D eigenvalue weighted by Crippen LogP contribution is 2.24. The summed E-state index contributed by atoms with van der Waals surface area (Å²) in [4.78, 5) is 25.6. The zero-order chi connectivity index (χ0) is 18.4. The van der Waals surface area contributed by atoms with E-state index in [1.54, 1.807) is 43.1 Å². The predicted molar refractivity (Wildman–Crippen MR) is 97.1 cm³/mol. The third-order valence-electron chi connectivity index (χ3n) is 3.23. The van der Waals surface area contributed by atoms with Crippen LogP contribution < -0.4 is 10.6 Å². The van der Waals surface area contributed by atoms with Crippen molar-refractivity contribution in [1.29, 1.82) is 0 Å². The van der Waals surface area contributed by atoms with E-state index in [1.165, 1.54) is 0 Å². The summed E-state index contributed by atoms with van der Waals surface area (Å²) < 4.78 is 4.87. The molecule has 0 radical (unpaired) electrons. The lowest BCUT2D eigenvalue weighted by molar-refractivity contribution is -0.119. The molecule has 2 N–H and O–H groups in total. The SMILES string of the molecule is Cc1cc(NC(=O)CCN(C)CC(=O)Nc2ccc(Cl)c(Cl)c2)no1. The lowest BCUT2D eigenvalue weighted by Crippen LogP contribution is -2.32. The molecular formula is C16H18Cl2N4O3. The van der Waals surface area contributed by atoms with Gasteiger partial charge in [-0.25, -0.2) is 0 Å². The highest BCUT2D eigenvalue weighted by Gasteiger charge is 2.11. The minimum Gasteiger partial charge on any atom is -0.360 e.